The van der Waals surface area contributed by atoms with Crippen molar-refractivity contribution in [1.82, 2.24) is 20.3 Å². The fourth-order valence-corrected chi connectivity index (χ4v) is 5.29. The molecule has 2 heterocycles. The summed E-state index contributed by atoms with van der Waals surface area (Å²) in [5, 5.41) is 15.4. The SMILES string of the molecule is O=C(NC[C@H](NS(=O)(=O)c1ccccc1)C(=O)O)c1cccc(N2CCN(C3=NCCCN3)CC2)c1. The van der Waals surface area contributed by atoms with Crippen LogP contribution >= 0.6 is 0 Å². The highest BCUT2D eigenvalue weighted by molar-refractivity contribution is 7.89. The number of aliphatic carboxylic acids is 1. The minimum Gasteiger partial charge on any atom is -0.480 e. The predicted molar refractivity (Wildman–Crippen MR) is 136 cm³/mol. The van der Waals surface area contributed by atoms with E-state index in [1.54, 1.807) is 36.4 Å². The third-order valence-corrected chi connectivity index (χ3v) is 7.54. The molecule has 1 saturated heterocycles. The molecule has 0 aliphatic carbocycles. The van der Waals surface area contributed by atoms with Crippen molar-refractivity contribution in [2.45, 2.75) is 17.4 Å². The van der Waals surface area contributed by atoms with Gasteiger partial charge in [-0.2, -0.15) is 4.72 Å². The zero-order valence-electron chi connectivity index (χ0n) is 19.8. The number of sulfonamides is 1. The van der Waals surface area contributed by atoms with Crippen molar-refractivity contribution in [2.24, 2.45) is 4.99 Å². The summed E-state index contributed by atoms with van der Waals surface area (Å²) in [6.45, 7) is 4.54. The Morgan fingerprint density at radius 2 is 1.75 bits per heavy atom. The molecule has 0 aromatic heterocycles. The van der Waals surface area contributed by atoms with E-state index in [4.69, 9.17) is 0 Å². The van der Waals surface area contributed by atoms with Gasteiger partial charge in [0.15, 0.2) is 5.96 Å². The molecule has 2 aliphatic heterocycles. The average molecular weight is 515 g/mol. The first-order valence-electron chi connectivity index (χ1n) is 11.8. The lowest BCUT2D eigenvalue weighted by atomic mass is 10.1. The van der Waals surface area contributed by atoms with Gasteiger partial charge in [-0.25, -0.2) is 8.42 Å². The Hall–Kier alpha value is -3.64. The molecule has 0 saturated carbocycles. The van der Waals surface area contributed by atoms with E-state index in [9.17, 15) is 23.1 Å². The highest BCUT2D eigenvalue weighted by Gasteiger charge is 2.26. The Labute approximate surface area is 210 Å². The second-order valence-corrected chi connectivity index (χ2v) is 10.3. The number of carbonyl (C=O) groups is 2. The van der Waals surface area contributed by atoms with E-state index < -0.39 is 34.5 Å². The number of benzene rings is 2. The largest absolute Gasteiger partial charge is 0.480 e. The van der Waals surface area contributed by atoms with Gasteiger partial charge in [0.25, 0.3) is 5.91 Å². The standard InChI is InChI=1S/C24H30N6O5S/c31-22(27-17-21(23(32)33)28-36(34,35)20-8-2-1-3-9-20)18-6-4-7-19(16-18)29-12-14-30(15-13-29)24-25-10-5-11-26-24/h1-4,6-9,16,21,28H,5,10-15,17H2,(H,25,26)(H,27,31)(H,32,33)/t21-/m0/s1. The van der Waals surface area contributed by atoms with E-state index >= 15 is 0 Å². The van der Waals surface area contributed by atoms with Crippen LogP contribution in [0.15, 0.2) is 64.5 Å². The van der Waals surface area contributed by atoms with Crippen molar-refractivity contribution in [3.8, 4) is 0 Å². The van der Waals surface area contributed by atoms with Gasteiger partial charge in [0.05, 0.1) is 4.90 Å². The van der Waals surface area contributed by atoms with Crippen LogP contribution in [0.3, 0.4) is 0 Å². The van der Waals surface area contributed by atoms with Crippen LogP contribution in [0.1, 0.15) is 16.8 Å². The molecular formula is C24H30N6O5S. The number of anilines is 1. The minimum atomic E-state index is -4.06. The topological polar surface area (TPSA) is 143 Å². The average Bonchev–Trinajstić information content (AvgIpc) is 2.92. The van der Waals surface area contributed by atoms with Crippen LogP contribution in [0, 0.1) is 0 Å². The summed E-state index contributed by atoms with van der Waals surface area (Å²) in [7, 11) is -4.06. The number of piperazine rings is 1. The molecule has 1 fully saturated rings. The first kappa shape index (κ1) is 25.5. The fourth-order valence-electron chi connectivity index (χ4n) is 4.08. The number of hydrogen-bond acceptors (Lipinski definition) is 8. The van der Waals surface area contributed by atoms with Gasteiger partial charge in [0, 0.05) is 57.1 Å². The highest BCUT2D eigenvalue weighted by Crippen LogP contribution is 2.19. The first-order valence-corrected chi connectivity index (χ1v) is 13.3. The maximum Gasteiger partial charge on any atom is 0.323 e. The van der Waals surface area contributed by atoms with Gasteiger partial charge in [0.1, 0.15) is 6.04 Å². The van der Waals surface area contributed by atoms with Crippen LogP contribution in [0.4, 0.5) is 5.69 Å². The lowest BCUT2D eigenvalue weighted by Gasteiger charge is -2.38. The summed E-state index contributed by atoms with van der Waals surface area (Å²) in [4.78, 5) is 33.3. The summed E-state index contributed by atoms with van der Waals surface area (Å²) in [6.07, 6.45) is 1.05. The van der Waals surface area contributed by atoms with E-state index in [2.05, 4.69) is 30.1 Å². The van der Waals surface area contributed by atoms with E-state index in [-0.39, 0.29) is 4.90 Å². The Morgan fingerprint density at radius 1 is 1.03 bits per heavy atom. The monoisotopic (exact) mass is 514 g/mol. The minimum absolute atomic E-state index is 0.0540. The number of carboxylic acid groups (broad SMARTS) is 1. The van der Waals surface area contributed by atoms with E-state index in [1.807, 2.05) is 6.07 Å². The van der Waals surface area contributed by atoms with Crippen molar-refractivity contribution >= 4 is 33.5 Å². The number of nitrogens with one attached hydrogen (secondary N) is 3. The maximum atomic E-state index is 12.8. The molecule has 12 heteroatoms. The molecule has 2 aromatic rings. The number of aliphatic imine (C=N–C) groups is 1. The third kappa shape index (κ3) is 6.32. The van der Waals surface area contributed by atoms with Gasteiger partial charge in [-0.1, -0.05) is 24.3 Å². The molecule has 0 unspecified atom stereocenters. The lowest BCUT2D eigenvalue weighted by Crippen LogP contribution is -2.53. The van der Waals surface area contributed by atoms with E-state index in [0.29, 0.717) is 5.56 Å². The van der Waals surface area contributed by atoms with Crippen LogP contribution < -0.4 is 20.3 Å². The molecule has 2 aliphatic rings. The van der Waals surface area contributed by atoms with Crippen LogP contribution in [0.25, 0.3) is 0 Å². The molecule has 0 bridgehead atoms. The van der Waals surface area contributed by atoms with E-state index in [0.717, 1.165) is 57.3 Å². The number of carboxylic acids is 1. The van der Waals surface area contributed by atoms with Crippen LogP contribution in [0.5, 0.6) is 0 Å². The Bertz CT molecular complexity index is 1210. The third-order valence-electron chi connectivity index (χ3n) is 6.05. The second kappa shape index (κ2) is 11.4. The molecular weight excluding hydrogens is 484 g/mol. The maximum absolute atomic E-state index is 12.8. The van der Waals surface area contributed by atoms with Crippen LogP contribution in [-0.4, -0.2) is 88.1 Å². The molecule has 1 amide bonds. The molecule has 192 valence electrons. The molecule has 0 radical (unpaired) electrons. The Morgan fingerprint density at radius 3 is 2.42 bits per heavy atom. The van der Waals surface area contributed by atoms with E-state index in [1.165, 1.54) is 12.1 Å². The highest BCUT2D eigenvalue weighted by atomic mass is 32.2. The zero-order valence-corrected chi connectivity index (χ0v) is 20.6. The zero-order chi connectivity index (χ0) is 25.5. The first-order chi connectivity index (χ1) is 17.3. The van der Waals surface area contributed by atoms with Crippen molar-refractivity contribution in [3.63, 3.8) is 0 Å². The molecule has 11 nitrogen and oxygen atoms in total. The van der Waals surface area contributed by atoms with Crippen molar-refractivity contribution in [2.75, 3.05) is 50.7 Å². The summed E-state index contributed by atoms with van der Waals surface area (Å²) < 4.78 is 27.1. The molecule has 0 spiro atoms. The number of carbonyl (C=O) groups excluding carboxylic acids is 1. The number of guanidine groups is 1. The van der Waals surface area contributed by atoms with Crippen LogP contribution in [-0.2, 0) is 14.8 Å². The number of rotatable bonds is 8. The van der Waals surface area contributed by atoms with Crippen molar-refractivity contribution in [3.05, 3.63) is 60.2 Å². The number of hydrogen-bond donors (Lipinski definition) is 4. The fraction of sp³-hybridized carbons (Fsp3) is 0.375. The molecule has 2 aromatic carbocycles. The van der Waals surface area contributed by atoms with Gasteiger partial charge in [-0.05, 0) is 36.8 Å². The number of nitrogens with zero attached hydrogens (tertiary/aromatic N) is 3. The Balaban J connectivity index is 1.35. The summed E-state index contributed by atoms with van der Waals surface area (Å²) in [5.41, 5.74) is 1.25. The van der Waals surface area contributed by atoms with Gasteiger partial charge in [-0.15, -0.1) is 0 Å². The summed E-state index contributed by atoms with van der Waals surface area (Å²) in [5.74, 6) is -0.926. The molecule has 36 heavy (non-hydrogen) atoms. The van der Waals surface area contributed by atoms with Crippen molar-refractivity contribution in [1.29, 1.82) is 0 Å². The predicted octanol–water partition coefficient (Wildman–Crippen LogP) is 0.319. The Kier molecular flexibility index (Phi) is 8.06. The van der Waals surface area contributed by atoms with Gasteiger partial charge >= 0.3 is 5.97 Å². The van der Waals surface area contributed by atoms with Gasteiger partial charge in [-0.3, -0.25) is 14.6 Å². The molecule has 4 N–H and O–H groups in total. The van der Waals surface area contributed by atoms with Crippen molar-refractivity contribution < 1.29 is 23.1 Å². The quantitative estimate of drug-likeness (QED) is 0.394. The summed E-state index contributed by atoms with van der Waals surface area (Å²) >= 11 is 0. The molecule has 4 rings (SSSR count). The van der Waals surface area contributed by atoms with Crippen LogP contribution in [0.2, 0.25) is 0 Å². The summed E-state index contributed by atoms with van der Waals surface area (Å²) in [6, 6.07) is 13.0. The van der Waals surface area contributed by atoms with Gasteiger partial charge in [0.2, 0.25) is 10.0 Å². The smallest absolute Gasteiger partial charge is 0.323 e. The lowest BCUT2D eigenvalue weighted by molar-refractivity contribution is -0.138. The number of amides is 1. The molecule has 1 atom stereocenters. The normalized spacial score (nSPS) is 17.1. The van der Waals surface area contributed by atoms with Gasteiger partial charge < -0.3 is 25.5 Å². The second-order valence-electron chi connectivity index (χ2n) is 8.55.